The summed E-state index contributed by atoms with van der Waals surface area (Å²) in [6.45, 7) is 10.5. The van der Waals surface area contributed by atoms with E-state index in [-0.39, 0.29) is 11.8 Å². The number of nitrogens with one attached hydrogen (secondary N) is 2. The molecular formula is C23H39N5O2S. The summed E-state index contributed by atoms with van der Waals surface area (Å²) in [5.74, 6) is 1.62. The van der Waals surface area contributed by atoms with Crippen molar-refractivity contribution in [3.63, 3.8) is 0 Å². The van der Waals surface area contributed by atoms with Gasteiger partial charge < -0.3 is 20.4 Å². The van der Waals surface area contributed by atoms with E-state index in [1.807, 2.05) is 9.80 Å². The van der Waals surface area contributed by atoms with Gasteiger partial charge in [0.25, 0.3) is 0 Å². The zero-order valence-electron chi connectivity index (χ0n) is 19.6. The summed E-state index contributed by atoms with van der Waals surface area (Å²) in [6.07, 6.45) is 4.09. The highest BCUT2D eigenvalue weighted by molar-refractivity contribution is 7.11. The van der Waals surface area contributed by atoms with E-state index in [2.05, 4.69) is 48.5 Å². The maximum Gasteiger partial charge on any atom is 0.222 e. The number of amides is 2. The van der Waals surface area contributed by atoms with Crippen molar-refractivity contribution in [2.45, 2.75) is 59.4 Å². The molecule has 0 aliphatic carbocycles. The van der Waals surface area contributed by atoms with E-state index in [0.717, 1.165) is 38.3 Å². The van der Waals surface area contributed by atoms with Crippen molar-refractivity contribution in [1.29, 1.82) is 0 Å². The maximum absolute atomic E-state index is 12.4. The SMILES string of the molecule is CN=C(NCCCCCC(=O)N1CCN(C(=O)CC(C)C)CC1)NCc1ccc(C)s1. The summed E-state index contributed by atoms with van der Waals surface area (Å²) in [5, 5.41) is 6.67. The summed E-state index contributed by atoms with van der Waals surface area (Å²) in [7, 11) is 1.78. The Labute approximate surface area is 191 Å². The van der Waals surface area contributed by atoms with Crippen molar-refractivity contribution in [1.82, 2.24) is 20.4 Å². The molecule has 0 saturated carbocycles. The lowest BCUT2D eigenvalue weighted by atomic mass is 10.1. The Morgan fingerprint density at radius 2 is 1.71 bits per heavy atom. The highest BCUT2D eigenvalue weighted by Crippen LogP contribution is 2.14. The number of aliphatic imine (C=N–C) groups is 1. The summed E-state index contributed by atoms with van der Waals surface area (Å²) >= 11 is 1.79. The molecule has 1 aromatic rings. The minimum atomic E-state index is 0.213. The fourth-order valence-electron chi connectivity index (χ4n) is 3.60. The van der Waals surface area contributed by atoms with Crippen LogP contribution in [-0.4, -0.2) is 67.3 Å². The van der Waals surface area contributed by atoms with Crippen LogP contribution < -0.4 is 10.6 Å². The molecule has 2 heterocycles. The van der Waals surface area contributed by atoms with Crippen molar-refractivity contribution in [2.75, 3.05) is 39.8 Å². The van der Waals surface area contributed by atoms with Gasteiger partial charge in [-0.1, -0.05) is 20.3 Å². The highest BCUT2D eigenvalue weighted by Gasteiger charge is 2.23. The molecule has 1 aromatic heterocycles. The van der Waals surface area contributed by atoms with Crippen LogP contribution in [0.15, 0.2) is 17.1 Å². The molecule has 2 amide bonds. The molecular weight excluding hydrogens is 410 g/mol. The van der Waals surface area contributed by atoms with Crippen molar-refractivity contribution < 1.29 is 9.59 Å². The molecule has 0 unspecified atom stereocenters. The first kappa shape index (κ1) is 25.2. The fraction of sp³-hybridized carbons (Fsp3) is 0.696. The molecule has 0 radical (unpaired) electrons. The number of carbonyl (C=O) groups is 2. The number of guanidine groups is 1. The minimum absolute atomic E-state index is 0.213. The van der Waals surface area contributed by atoms with Gasteiger partial charge >= 0.3 is 0 Å². The Morgan fingerprint density at radius 3 is 2.29 bits per heavy atom. The predicted octanol–water partition coefficient (Wildman–Crippen LogP) is 3.00. The van der Waals surface area contributed by atoms with Gasteiger partial charge in [0.15, 0.2) is 5.96 Å². The Balaban J connectivity index is 1.53. The van der Waals surface area contributed by atoms with Gasteiger partial charge in [-0.05, 0) is 37.8 Å². The Kier molecular flexibility index (Phi) is 10.8. The molecule has 1 aliphatic heterocycles. The summed E-state index contributed by atoms with van der Waals surface area (Å²) < 4.78 is 0. The van der Waals surface area contributed by atoms with E-state index in [4.69, 9.17) is 0 Å². The summed E-state index contributed by atoms with van der Waals surface area (Å²) in [5.41, 5.74) is 0. The smallest absolute Gasteiger partial charge is 0.222 e. The van der Waals surface area contributed by atoms with Gasteiger partial charge in [0.05, 0.1) is 6.54 Å². The standard InChI is InChI=1S/C23H39N5O2S/c1-18(2)16-22(30)28-14-12-27(13-15-28)21(29)8-6-5-7-11-25-23(24-4)26-17-20-10-9-19(3)31-20/h9-10,18H,5-8,11-17H2,1-4H3,(H2,24,25,26). The molecule has 1 saturated heterocycles. The second kappa shape index (κ2) is 13.3. The number of aryl methyl sites for hydroxylation is 1. The van der Waals surface area contributed by atoms with Gasteiger partial charge in [-0.15, -0.1) is 11.3 Å². The van der Waals surface area contributed by atoms with Crippen molar-refractivity contribution in [3.05, 3.63) is 21.9 Å². The van der Waals surface area contributed by atoms with Gasteiger partial charge in [-0.2, -0.15) is 0 Å². The molecule has 31 heavy (non-hydrogen) atoms. The normalized spacial score (nSPS) is 14.8. The first-order valence-corrected chi connectivity index (χ1v) is 12.3. The van der Waals surface area contributed by atoms with Crippen molar-refractivity contribution >= 4 is 29.1 Å². The topological polar surface area (TPSA) is 77.0 Å². The average Bonchev–Trinajstić information content (AvgIpc) is 3.17. The lowest BCUT2D eigenvalue weighted by molar-refractivity contribution is -0.140. The first-order chi connectivity index (χ1) is 14.9. The Hall–Kier alpha value is -2.09. The number of carbonyl (C=O) groups excluding carboxylic acids is 2. The number of nitrogens with zero attached hydrogens (tertiary/aromatic N) is 3. The second-order valence-electron chi connectivity index (χ2n) is 8.54. The van der Waals surface area contributed by atoms with Gasteiger partial charge in [-0.3, -0.25) is 14.6 Å². The van der Waals surface area contributed by atoms with Crippen LogP contribution in [0.5, 0.6) is 0 Å². The molecule has 2 N–H and O–H groups in total. The molecule has 7 nitrogen and oxygen atoms in total. The first-order valence-electron chi connectivity index (χ1n) is 11.4. The van der Waals surface area contributed by atoms with Crippen LogP contribution in [-0.2, 0) is 16.1 Å². The zero-order chi connectivity index (χ0) is 22.6. The lowest BCUT2D eigenvalue weighted by Crippen LogP contribution is -2.50. The third-order valence-electron chi connectivity index (χ3n) is 5.38. The van der Waals surface area contributed by atoms with Crippen LogP contribution in [0.25, 0.3) is 0 Å². The number of rotatable bonds is 10. The van der Waals surface area contributed by atoms with Crippen LogP contribution >= 0.6 is 11.3 Å². The van der Waals surface area contributed by atoms with Crippen LogP contribution in [0.1, 0.15) is 55.7 Å². The quantitative estimate of drug-likeness (QED) is 0.327. The third-order valence-corrected chi connectivity index (χ3v) is 6.38. The maximum atomic E-state index is 12.4. The molecule has 1 aliphatic rings. The number of hydrogen-bond donors (Lipinski definition) is 2. The van der Waals surface area contributed by atoms with E-state index < -0.39 is 0 Å². The molecule has 0 spiro atoms. The van der Waals surface area contributed by atoms with E-state index in [0.29, 0.717) is 44.9 Å². The van der Waals surface area contributed by atoms with Gasteiger partial charge in [0.1, 0.15) is 0 Å². The van der Waals surface area contributed by atoms with Crippen LogP contribution in [0.4, 0.5) is 0 Å². The van der Waals surface area contributed by atoms with Crippen LogP contribution in [0.2, 0.25) is 0 Å². The summed E-state index contributed by atoms with van der Waals surface area (Å²) in [4.78, 5) is 35.3. The molecule has 0 atom stereocenters. The zero-order valence-corrected chi connectivity index (χ0v) is 20.4. The number of piperazine rings is 1. The van der Waals surface area contributed by atoms with E-state index in [9.17, 15) is 9.59 Å². The fourth-order valence-corrected chi connectivity index (χ4v) is 4.43. The minimum Gasteiger partial charge on any atom is -0.356 e. The Bertz CT molecular complexity index is 723. The molecule has 2 rings (SSSR count). The van der Waals surface area contributed by atoms with E-state index in [1.54, 1.807) is 18.4 Å². The predicted molar refractivity (Wildman–Crippen MR) is 128 cm³/mol. The third kappa shape index (κ3) is 9.29. The van der Waals surface area contributed by atoms with E-state index >= 15 is 0 Å². The number of hydrogen-bond acceptors (Lipinski definition) is 4. The lowest BCUT2D eigenvalue weighted by Gasteiger charge is -2.35. The molecule has 0 aromatic carbocycles. The summed E-state index contributed by atoms with van der Waals surface area (Å²) in [6, 6.07) is 4.27. The molecule has 0 bridgehead atoms. The monoisotopic (exact) mass is 449 g/mol. The van der Waals surface area contributed by atoms with Crippen molar-refractivity contribution in [2.24, 2.45) is 10.9 Å². The van der Waals surface area contributed by atoms with Crippen LogP contribution in [0, 0.1) is 12.8 Å². The van der Waals surface area contributed by atoms with Crippen LogP contribution in [0.3, 0.4) is 0 Å². The second-order valence-corrected chi connectivity index (χ2v) is 9.91. The van der Waals surface area contributed by atoms with Gasteiger partial charge in [0.2, 0.25) is 11.8 Å². The molecule has 8 heteroatoms. The van der Waals surface area contributed by atoms with E-state index in [1.165, 1.54) is 9.75 Å². The van der Waals surface area contributed by atoms with Gasteiger partial charge in [0, 0.05) is 62.4 Å². The number of thiophene rings is 1. The highest BCUT2D eigenvalue weighted by atomic mass is 32.1. The largest absolute Gasteiger partial charge is 0.356 e. The Morgan fingerprint density at radius 1 is 1.03 bits per heavy atom. The average molecular weight is 450 g/mol. The number of unbranched alkanes of at least 4 members (excludes halogenated alkanes) is 2. The molecule has 1 fully saturated rings. The molecule has 174 valence electrons. The van der Waals surface area contributed by atoms with Gasteiger partial charge in [-0.25, -0.2) is 0 Å². The van der Waals surface area contributed by atoms with Crippen molar-refractivity contribution in [3.8, 4) is 0 Å².